The molecule has 4 nitrogen and oxygen atoms in total. The normalized spacial score (nSPS) is 11.7. The molecule has 0 spiro atoms. The highest BCUT2D eigenvalue weighted by Gasteiger charge is 2.16. The number of ether oxygens (including phenoxy) is 2. The minimum Gasteiger partial charge on any atom is -0.423 e. The third kappa shape index (κ3) is 7.50. The van der Waals surface area contributed by atoms with E-state index in [2.05, 4.69) is 13.2 Å². The second kappa shape index (κ2) is 9.55. The topological polar surface area (TPSA) is 52.6 Å². The number of esters is 2. The molecule has 0 aliphatic carbocycles. The lowest BCUT2D eigenvalue weighted by Gasteiger charge is -2.12. The summed E-state index contributed by atoms with van der Waals surface area (Å²) >= 11 is 11.4. The monoisotopic (exact) mass is 370 g/mol. The van der Waals surface area contributed by atoms with Crippen molar-refractivity contribution in [3.8, 4) is 11.5 Å². The van der Waals surface area contributed by atoms with Crippen LogP contribution in [0.1, 0.15) is 13.3 Å². The Morgan fingerprint density at radius 2 is 1.74 bits per heavy atom. The van der Waals surface area contributed by atoms with E-state index in [0.29, 0.717) is 33.0 Å². The summed E-state index contributed by atoms with van der Waals surface area (Å²) in [6.07, 6.45) is 1.52. The summed E-state index contributed by atoms with van der Waals surface area (Å²) in [6.45, 7) is 8.98. The molecule has 0 saturated heterocycles. The lowest BCUT2D eigenvalue weighted by molar-refractivity contribution is -0.130. The molecule has 23 heavy (non-hydrogen) atoms. The second-order valence-corrected chi connectivity index (χ2v) is 8.39. The van der Waals surface area contributed by atoms with Crippen LogP contribution in [0.4, 0.5) is 0 Å². The molecular formula is C16H16Cl2O4Si. The van der Waals surface area contributed by atoms with Crippen molar-refractivity contribution in [2.24, 2.45) is 0 Å². The summed E-state index contributed by atoms with van der Waals surface area (Å²) < 4.78 is 9.68. The molecule has 0 N–H and O–H groups in total. The fourth-order valence-electron chi connectivity index (χ4n) is 1.64. The Labute approximate surface area is 147 Å². The van der Waals surface area contributed by atoms with Crippen molar-refractivity contribution < 1.29 is 19.1 Å². The Bertz CT molecular complexity index is 584. The molecule has 0 aliphatic heterocycles. The minimum atomic E-state index is -0.560. The number of rotatable bonds is 8. The molecule has 1 atom stereocenters. The fraction of sp³-hybridized carbons (Fsp3) is 0.250. The van der Waals surface area contributed by atoms with Crippen molar-refractivity contribution in [1.82, 2.24) is 0 Å². The molecule has 0 aromatic heterocycles. The zero-order valence-electron chi connectivity index (χ0n) is 12.6. The molecule has 0 fully saturated rings. The molecule has 0 heterocycles. The van der Waals surface area contributed by atoms with Gasteiger partial charge in [0.05, 0.1) is 14.0 Å². The van der Waals surface area contributed by atoms with E-state index in [-0.39, 0.29) is 5.54 Å². The molecule has 2 radical (unpaired) electrons. The van der Waals surface area contributed by atoms with Gasteiger partial charge in [-0.05, 0) is 36.2 Å². The number of halogens is 2. The Hall–Kier alpha value is -1.56. The summed E-state index contributed by atoms with van der Waals surface area (Å²) in [4.78, 5) is 23.0. The average molecular weight is 371 g/mol. The van der Waals surface area contributed by atoms with E-state index >= 15 is 0 Å². The first kappa shape index (κ1) is 19.5. The van der Waals surface area contributed by atoms with Gasteiger partial charge in [0, 0.05) is 11.6 Å². The molecule has 0 saturated carbocycles. The first-order valence-electron chi connectivity index (χ1n) is 6.70. The maximum atomic E-state index is 12.0. The molecule has 0 bridgehead atoms. The van der Waals surface area contributed by atoms with Gasteiger partial charge >= 0.3 is 11.9 Å². The van der Waals surface area contributed by atoms with Gasteiger partial charge < -0.3 is 9.47 Å². The van der Waals surface area contributed by atoms with Crippen molar-refractivity contribution in [3.05, 3.63) is 49.1 Å². The van der Waals surface area contributed by atoms with E-state index in [0.717, 1.165) is 6.08 Å². The molecule has 7 heteroatoms. The van der Waals surface area contributed by atoms with E-state index in [4.69, 9.17) is 32.7 Å². The molecule has 1 rings (SSSR count). The Kier molecular flexibility index (Phi) is 8.09. The number of benzene rings is 1. The molecule has 0 aliphatic rings. The summed E-state index contributed by atoms with van der Waals surface area (Å²) in [7, 11) is 0.317. The van der Waals surface area contributed by atoms with Gasteiger partial charge in [-0.25, -0.2) is 9.59 Å². The number of alkyl halides is 2. The first-order valence-corrected chi connectivity index (χ1v) is 8.73. The third-order valence-corrected chi connectivity index (χ3v) is 4.45. The highest BCUT2D eigenvalue weighted by Crippen LogP contribution is 2.22. The molecule has 122 valence electrons. The van der Waals surface area contributed by atoms with Crippen LogP contribution < -0.4 is 9.47 Å². The summed E-state index contributed by atoms with van der Waals surface area (Å²) in [6, 6.07) is 6.08. The molecule has 0 amide bonds. The van der Waals surface area contributed by atoms with Crippen LogP contribution >= 0.6 is 23.2 Å². The second-order valence-electron chi connectivity index (χ2n) is 4.66. The van der Waals surface area contributed by atoms with Gasteiger partial charge in [-0.15, -0.1) is 23.2 Å². The highest BCUT2D eigenvalue weighted by atomic mass is 35.5. The van der Waals surface area contributed by atoms with Crippen LogP contribution in [0.25, 0.3) is 0 Å². The molecule has 1 aromatic rings. The van der Waals surface area contributed by atoms with Gasteiger partial charge in [-0.1, -0.05) is 20.1 Å². The summed E-state index contributed by atoms with van der Waals surface area (Å²) in [5.74, 6) is -0.413. The maximum absolute atomic E-state index is 12.0. The zero-order valence-corrected chi connectivity index (χ0v) is 15.1. The van der Waals surface area contributed by atoms with Gasteiger partial charge in [0.25, 0.3) is 0 Å². The SMILES string of the molecule is C=CC(=O)Oc1ccc(OC(=O)C(=C)CC(C)[Si]C(Cl)Cl)cc1. The number of carbonyl (C=O) groups is 2. The van der Waals surface area contributed by atoms with Gasteiger partial charge in [-0.3, -0.25) is 0 Å². The van der Waals surface area contributed by atoms with E-state index in [1.807, 2.05) is 6.92 Å². The number of hydrogen-bond donors (Lipinski definition) is 0. The van der Waals surface area contributed by atoms with Crippen molar-refractivity contribution >= 4 is 44.7 Å². The van der Waals surface area contributed by atoms with Crippen molar-refractivity contribution in [1.29, 1.82) is 0 Å². The smallest absolute Gasteiger partial charge is 0.338 e. The quantitative estimate of drug-likeness (QED) is 0.229. The third-order valence-electron chi connectivity index (χ3n) is 2.67. The van der Waals surface area contributed by atoms with Crippen LogP contribution in [-0.4, -0.2) is 25.9 Å². The van der Waals surface area contributed by atoms with E-state index < -0.39 is 16.4 Å². The molecular weight excluding hydrogens is 355 g/mol. The van der Waals surface area contributed by atoms with Crippen molar-refractivity contribution in [2.75, 3.05) is 0 Å². The lowest BCUT2D eigenvalue weighted by atomic mass is 10.2. The Morgan fingerprint density at radius 1 is 1.22 bits per heavy atom. The minimum absolute atomic E-state index is 0.149. The number of carbonyl (C=O) groups excluding carboxylic acids is 2. The van der Waals surface area contributed by atoms with Crippen molar-refractivity contribution in [3.63, 3.8) is 0 Å². The van der Waals surface area contributed by atoms with Gasteiger partial charge in [0.1, 0.15) is 11.5 Å². The van der Waals surface area contributed by atoms with Crippen LogP contribution in [0, 0.1) is 0 Å². The van der Waals surface area contributed by atoms with E-state index in [9.17, 15) is 9.59 Å². The Balaban J connectivity index is 2.55. The number of hydrogen-bond acceptors (Lipinski definition) is 4. The first-order chi connectivity index (χ1) is 10.8. The van der Waals surface area contributed by atoms with Crippen LogP contribution in [0.5, 0.6) is 11.5 Å². The average Bonchev–Trinajstić information content (AvgIpc) is 2.48. The largest absolute Gasteiger partial charge is 0.423 e. The van der Waals surface area contributed by atoms with E-state index in [1.165, 1.54) is 24.3 Å². The van der Waals surface area contributed by atoms with Crippen LogP contribution in [0.3, 0.4) is 0 Å². The Morgan fingerprint density at radius 3 is 2.22 bits per heavy atom. The fourth-order valence-corrected chi connectivity index (χ4v) is 3.72. The molecule has 1 unspecified atom stereocenters. The van der Waals surface area contributed by atoms with Gasteiger partial charge in [0.2, 0.25) is 0 Å². The standard InChI is InChI=1S/C16H16Cl2O4Si/c1-4-14(19)21-12-5-7-13(8-6-12)22-15(20)10(2)9-11(3)23-16(17)18/h4-8,11,16H,1-2,9H2,3H3. The summed E-state index contributed by atoms with van der Waals surface area (Å²) in [5, 5.41) is 0. The van der Waals surface area contributed by atoms with Crippen molar-refractivity contribution in [2.45, 2.75) is 23.3 Å². The van der Waals surface area contributed by atoms with Crippen LogP contribution in [-0.2, 0) is 9.59 Å². The molecule has 1 aromatic carbocycles. The predicted octanol–water partition coefficient (Wildman–Crippen LogP) is 3.90. The predicted molar refractivity (Wildman–Crippen MR) is 92.3 cm³/mol. The van der Waals surface area contributed by atoms with E-state index in [1.54, 1.807) is 0 Å². The maximum Gasteiger partial charge on any atom is 0.338 e. The highest BCUT2D eigenvalue weighted by molar-refractivity contribution is 6.69. The lowest BCUT2D eigenvalue weighted by Crippen LogP contribution is -2.15. The van der Waals surface area contributed by atoms with Crippen LogP contribution in [0.2, 0.25) is 5.54 Å². The van der Waals surface area contributed by atoms with Gasteiger partial charge in [-0.2, -0.15) is 0 Å². The zero-order chi connectivity index (χ0) is 17.4. The van der Waals surface area contributed by atoms with Gasteiger partial charge in [0.15, 0.2) is 0 Å². The van der Waals surface area contributed by atoms with Crippen LogP contribution in [0.15, 0.2) is 49.1 Å². The summed E-state index contributed by atoms with van der Waals surface area (Å²) in [5.41, 5.74) is 0.497.